The van der Waals surface area contributed by atoms with Gasteiger partial charge in [0.15, 0.2) is 0 Å². The van der Waals surface area contributed by atoms with Crippen LogP contribution >= 0.6 is 35.0 Å². The number of hydrogen-bond donors (Lipinski definition) is 0. The van der Waals surface area contributed by atoms with Gasteiger partial charge in [-0.1, -0.05) is 35.3 Å². The molecule has 3 rings (SSSR count). The highest BCUT2D eigenvalue weighted by molar-refractivity contribution is 8.00. The Balaban J connectivity index is 2.05. The molecule has 0 aliphatic carbocycles. The van der Waals surface area contributed by atoms with Crippen LogP contribution in [0.3, 0.4) is 0 Å². The normalized spacial score (nSPS) is 17.9. The van der Waals surface area contributed by atoms with Crippen LogP contribution < -0.4 is 9.64 Å². The van der Waals surface area contributed by atoms with E-state index in [1.807, 2.05) is 24.3 Å². The second-order valence-electron chi connectivity index (χ2n) is 4.79. The first-order valence-electron chi connectivity index (χ1n) is 6.63. The van der Waals surface area contributed by atoms with Gasteiger partial charge in [-0.25, -0.2) is 0 Å². The molecule has 1 aliphatic rings. The number of hydrogen-bond acceptors (Lipinski definition) is 3. The van der Waals surface area contributed by atoms with Crippen LogP contribution in [0.15, 0.2) is 42.5 Å². The number of anilines is 1. The van der Waals surface area contributed by atoms with E-state index in [9.17, 15) is 4.79 Å². The van der Waals surface area contributed by atoms with E-state index in [-0.39, 0.29) is 11.3 Å². The third kappa shape index (κ3) is 2.91. The fourth-order valence-corrected chi connectivity index (χ4v) is 3.87. The number of amides is 1. The summed E-state index contributed by atoms with van der Waals surface area (Å²) in [6.07, 6.45) is 0. The first-order valence-corrected chi connectivity index (χ1v) is 8.43. The third-order valence-electron chi connectivity index (χ3n) is 3.42. The Bertz CT molecular complexity index is 706. The number of carbonyl (C=O) groups is 1. The van der Waals surface area contributed by atoms with Gasteiger partial charge in [-0.3, -0.25) is 9.69 Å². The second-order valence-corrected chi connectivity index (χ2v) is 6.74. The fraction of sp³-hybridized carbons (Fsp3) is 0.188. The quantitative estimate of drug-likeness (QED) is 0.794. The Hall–Kier alpha value is -1.36. The minimum absolute atomic E-state index is 0.0329. The van der Waals surface area contributed by atoms with Gasteiger partial charge in [-0.2, -0.15) is 0 Å². The Morgan fingerprint density at radius 2 is 1.82 bits per heavy atom. The molecule has 2 aromatic rings. The van der Waals surface area contributed by atoms with Gasteiger partial charge in [0.2, 0.25) is 5.91 Å². The lowest BCUT2D eigenvalue weighted by Gasteiger charge is -2.26. The number of benzene rings is 2. The maximum Gasteiger partial charge on any atom is 0.238 e. The average molecular weight is 354 g/mol. The lowest BCUT2D eigenvalue weighted by molar-refractivity contribution is -0.115. The van der Waals surface area contributed by atoms with Crippen LogP contribution in [-0.4, -0.2) is 18.8 Å². The van der Waals surface area contributed by atoms with Gasteiger partial charge in [0, 0.05) is 10.0 Å². The van der Waals surface area contributed by atoms with Gasteiger partial charge >= 0.3 is 0 Å². The van der Waals surface area contributed by atoms with E-state index in [2.05, 4.69) is 0 Å². The standard InChI is InChI=1S/C16H13Cl2NO2S/c1-21-14-7-6-12(18)8-13(14)19-15(20)9-22-16(19)10-2-4-11(17)5-3-10/h2-8,16H,9H2,1H3/t16-/m1/s1. The van der Waals surface area contributed by atoms with E-state index in [0.717, 1.165) is 5.56 Å². The summed E-state index contributed by atoms with van der Waals surface area (Å²) < 4.78 is 5.38. The molecule has 3 nitrogen and oxygen atoms in total. The molecule has 1 aliphatic heterocycles. The molecule has 0 bridgehead atoms. The number of halogens is 2. The van der Waals surface area contributed by atoms with Crippen molar-refractivity contribution in [2.24, 2.45) is 0 Å². The Morgan fingerprint density at radius 3 is 2.50 bits per heavy atom. The summed E-state index contributed by atoms with van der Waals surface area (Å²) in [6.45, 7) is 0. The first kappa shape index (κ1) is 15.5. The molecule has 0 N–H and O–H groups in total. The van der Waals surface area contributed by atoms with E-state index in [0.29, 0.717) is 27.2 Å². The maximum atomic E-state index is 12.4. The van der Waals surface area contributed by atoms with Crippen molar-refractivity contribution in [2.75, 3.05) is 17.8 Å². The summed E-state index contributed by atoms with van der Waals surface area (Å²) in [4.78, 5) is 14.1. The summed E-state index contributed by atoms with van der Waals surface area (Å²) >= 11 is 13.6. The lowest BCUT2D eigenvalue weighted by Crippen LogP contribution is -2.28. The van der Waals surface area contributed by atoms with Crippen molar-refractivity contribution >= 4 is 46.6 Å². The molecule has 0 spiro atoms. The molecule has 0 saturated carbocycles. The SMILES string of the molecule is COc1ccc(Cl)cc1N1C(=O)CS[C@@H]1c1ccc(Cl)cc1. The van der Waals surface area contributed by atoms with Gasteiger partial charge < -0.3 is 4.74 Å². The fourth-order valence-electron chi connectivity index (χ4n) is 2.41. The number of methoxy groups -OCH3 is 1. The van der Waals surface area contributed by atoms with Gasteiger partial charge in [-0.15, -0.1) is 11.8 Å². The highest BCUT2D eigenvalue weighted by atomic mass is 35.5. The van der Waals surface area contributed by atoms with Gasteiger partial charge in [0.1, 0.15) is 11.1 Å². The largest absolute Gasteiger partial charge is 0.495 e. The molecule has 1 amide bonds. The number of carbonyl (C=O) groups excluding carboxylic acids is 1. The van der Waals surface area contributed by atoms with Crippen molar-refractivity contribution in [3.63, 3.8) is 0 Å². The van der Waals surface area contributed by atoms with Crippen molar-refractivity contribution < 1.29 is 9.53 Å². The van der Waals surface area contributed by atoms with Crippen molar-refractivity contribution in [1.29, 1.82) is 0 Å². The van der Waals surface area contributed by atoms with E-state index in [1.165, 1.54) is 0 Å². The predicted molar refractivity (Wildman–Crippen MR) is 92.1 cm³/mol. The maximum absolute atomic E-state index is 12.4. The molecule has 1 atom stereocenters. The summed E-state index contributed by atoms with van der Waals surface area (Å²) in [7, 11) is 1.58. The predicted octanol–water partition coefficient (Wildman–Crippen LogP) is 4.78. The minimum atomic E-state index is -0.114. The number of rotatable bonds is 3. The van der Waals surface area contributed by atoms with Gasteiger partial charge in [-0.05, 0) is 35.9 Å². The summed E-state index contributed by atoms with van der Waals surface area (Å²) in [6, 6.07) is 12.8. The molecule has 1 fully saturated rings. The molecule has 2 aromatic carbocycles. The zero-order valence-electron chi connectivity index (χ0n) is 11.8. The summed E-state index contributed by atoms with van der Waals surface area (Å²) in [5, 5.41) is 1.12. The van der Waals surface area contributed by atoms with Crippen LogP contribution in [0.1, 0.15) is 10.9 Å². The van der Waals surface area contributed by atoms with E-state index in [4.69, 9.17) is 27.9 Å². The average Bonchev–Trinajstić information content (AvgIpc) is 2.89. The molecule has 6 heteroatoms. The Labute approximate surface area is 143 Å². The van der Waals surface area contributed by atoms with Crippen molar-refractivity contribution in [3.05, 3.63) is 58.1 Å². The molecule has 1 saturated heterocycles. The Kier molecular flexibility index (Phi) is 4.52. The van der Waals surface area contributed by atoms with E-state index >= 15 is 0 Å². The van der Waals surface area contributed by atoms with Crippen LogP contribution in [0.25, 0.3) is 0 Å². The van der Waals surface area contributed by atoms with Crippen LogP contribution in [0, 0.1) is 0 Å². The third-order valence-corrected chi connectivity index (χ3v) is 5.12. The zero-order valence-corrected chi connectivity index (χ0v) is 14.1. The monoisotopic (exact) mass is 353 g/mol. The van der Waals surface area contributed by atoms with Crippen molar-refractivity contribution in [2.45, 2.75) is 5.37 Å². The summed E-state index contributed by atoms with van der Waals surface area (Å²) in [5.41, 5.74) is 1.70. The second kappa shape index (κ2) is 6.41. The van der Waals surface area contributed by atoms with E-state index < -0.39 is 0 Å². The number of thioether (sulfide) groups is 1. The molecule has 114 valence electrons. The van der Waals surface area contributed by atoms with Crippen LogP contribution in [0.4, 0.5) is 5.69 Å². The minimum Gasteiger partial charge on any atom is -0.495 e. The van der Waals surface area contributed by atoms with Gasteiger partial charge in [0.25, 0.3) is 0 Å². The molecular weight excluding hydrogens is 341 g/mol. The highest BCUT2D eigenvalue weighted by Crippen LogP contribution is 2.45. The molecule has 0 aromatic heterocycles. The molecule has 0 unspecified atom stereocenters. The van der Waals surface area contributed by atoms with Crippen LogP contribution in [0.5, 0.6) is 5.75 Å². The lowest BCUT2D eigenvalue weighted by atomic mass is 10.2. The Morgan fingerprint density at radius 1 is 1.14 bits per heavy atom. The molecule has 1 heterocycles. The van der Waals surface area contributed by atoms with Gasteiger partial charge in [0.05, 0.1) is 18.6 Å². The molecule has 0 radical (unpaired) electrons. The number of nitrogens with zero attached hydrogens (tertiary/aromatic N) is 1. The summed E-state index contributed by atoms with van der Waals surface area (Å²) in [5.74, 6) is 1.08. The smallest absolute Gasteiger partial charge is 0.238 e. The topological polar surface area (TPSA) is 29.5 Å². The number of ether oxygens (including phenoxy) is 1. The molecule has 22 heavy (non-hydrogen) atoms. The zero-order chi connectivity index (χ0) is 15.7. The van der Waals surface area contributed by atoms with Crippen molar-refractivity contribution in [3.8, 4) is 5.75 Å². The first-order chi connectivity index (χ1) is 10.6. The van der Waals surface area contributed by atoms with Crippen molar-refractivity contribution in [1.82, 2.24) is 0 Å². The van der Waals surface area contributed by atoms with Crippen LogP contribution in [0.2, 0.25) is 10.0 Å². The highest BCUT2D eigenvalue weighted by Gasteiger charge is 2.35. The van der Waals surface area contributed by atoms with Crippen LogP contribution in [-0.2, 0) is 4.79 Å². The molecular formula is C16H13Cl2NO2S. The van der Waals surface area contributed by atoms with E-state index in [1.54, 1.807) is 42.0 Å².